The molecule has 1 aliphatic carbocycles. The molecule has 1 aromatic carbocycles. The fourth-order valence-corrected chi connectivity index (χ4v) is 4.48. The lowest BCUT2D eigenvalue weighted by Crippen LogP contribution is -2.19. The summed E-state index contributed by atoms with van der Waals surface area (Å²) < 4.78 is 41.3. The van der Waals surface area contributed by atoms with E-state index in [9.17, 15) is 22.8 Å². The number of pyridine rings is 1. The average molecular weight is 534 g/mol. The molecule has 2 N–H and O–H groups in total. The number of hydrogen-bond acceptors (Lipinski definition) is 7. The lowest BCUT2D eigenvalue weighted by molar-refractivity contribution is -0.141. The number of carbonyl (C=O) groups excluding carboxylic acids is 2. The summed E-state index contributed by atoms with van der Waals surface area (Å²) in [5, 5.41) is 10.0. The number of aromatic nitrogens is 5. The molecule has 4 aromatic rings. The molecule has 39 heavy (non-hydrogen) atoms. The van der Waals surface area contributed by atoms with Crippen LogP contribution < -0.4 is 10.6 Å². The van der Waals surface area contributed by atoms with Gasteiger partial charge < -0.3 is 5.32 Å². The van der Waals surface area contributed by atoms with E-state index >= 15 is 0 Å². The third kappa shape index (κ3) is 5.22. The van der Waals surface area contributed by atoms with Crippen LogP contribution >= 0.6 is 0 Å². The summed E-state index contributed by atoms with van der Waals surface area (Å²) in [4.78, 5) is 36.6. The third-order valence-corrected chi connectivity index (χ3v) is 6.57. The summed E-state index contributed by atoms with van der Waals surface area (Å²) in [6, 6.07) is 10.2. The lowest BCUT2D eigenvalue weighted by Gasteiger charge is -2.12. The Kier molecular flexibility index (Phi) is 6.09. The number of alkyl halides is 3. The highest BCUT2D eigenvalue weighted by molar-refractivity contribution is 6.15. The molecule has 1 aliphatic heterocycles. The van der Waals surface area contributed by atoms with Gasteiger partial charge in [-0.1, -0.05) is 24.3 Å². The predicted molar refractivity (Wildman–Crippen MR) is 135 cm³/mol. The van der Waals surface area contributed by atoms with Crippen molar-refractivity contribution >= 4 is 29.5 Å². The van der Waals surface area contributed by atoms with E-state index in [1.807, 2.05) is 12.1 Å². The molecule has 1 saturated heterocycles. The Balaban J connectivity index is 1.33. The van der Waals surface area contributed by atoms with Crippen molar-refractivity contribution in [3.8, 4) is 11.1 Å². The molecule has 0 radical (unpaired) electrons. The summed E-state index contributed by atoms with van der Waals surface area (Å²) in [5.74, 6) is 0.236. The van der Waals surface area contributed by atoms with Crippen molar-refractivity contribution in [2.24, 2.45) is 0 Å². The molecule has 198 valence electrons. The van der Waals surface area contributed by atoms with Crippen LogP contribution in [0.25, 0.3) is 22.9 Å². The zero-order valence-corrected chi connectivity index (χ0v) is 20.5. The molecule has 0 unspecified atom stereocenters. The number of nitrogens with zero attached hydrogens (tertiary/aromatic N) is 5. The van der Waals surface area contributed by atoms with E-state index in [0.29, 0.717) is 52.5 Å². The molecule has 2 aliphatic rings. The molecule has 2 fully saturated rings. The Morgan fingerprint density at radius 2 is 1.92 bits per heavy atom. The number of carbonyl (C=O) groups is 2. The van der Waals surface area contributed by atoms with Crippen molar-refractivity contribution in [3.63, 3.8) is 0 Å². The molecule has 0 atom stereocenters. The fourth-order valence-electron chi connectivity index (χ4n) is 4.48. The Morgan fingerprint density at radius 3 is 2.67 bits per heavy atom. The second-order valence-electron chi connectivity index (χ2n) is 9.53. The van der Waals surface area contributed by atoms with Gasteiger partial charge in [0.1, 0.15) is 11.5 Å². The predicted octanol–water partition coefficient (Wildman–Crippen LogP) is 3.99. The Labute approximate surface area is 220 Å². The monoisotopic (exact) mass is 533 g/mol. The zero-order chi connectivity index (χ0) is 27.1. The minimum Gasteiger partial charge on any atom is -0.351 e. The van der Waals surface area contributed by atoms with Crippen LogP contribution in [0.15, 0.2) is 54.4 Å². The maximum absolute atomic E-state index is 13.3. The first-order valence-corrected chi connectivity index (χ1v) is 12.4. The van der Waals surface area contributed by atoms with E-state index in [1.165, 1.54) is 0 Å². The topological polar surface area (TPSA) is 114 Å². The highest BCUT2D eigenvalue weighted by Gasteiger charge is 2.32. The van der Waals surface area contributed by atoms with Crippen molar-refractivity contribution in [2.75, 3.05) is 5.32 Å². The second kappa shape index (κ2) is 9.61. The molecule has 6 rings (SSSR count). The van der Waals surface area contributed by atoms with Crippen molar-refractivity contribution in [1.82, 2.24) is 29.9 Å². The van der Waals surface area contributed by atoms with E-state index in [1.54, 1.807) is 35.0 Å². The molecule has 1 saturated carbocycles. The Hall–Kier alpha value is -4.61. The highest BCUT2D eigenvalue weighted by atomic mass is 19.4. The number of anilines is 1. The number of imide groups is 1. The largest absolute Gasteiger partial charge is 0.433 e. The van der Waals surface area contributed by atoms with Gasteiger partial charge in [-0.05, 0) is 54.2 Å². The summed E-state index contributed by atoms with van der Waals surface area (Å²) in [6.07, 6.45) is 2.71. The number of amides is 2. The van der Waals surface area contributed by atoms with Gasteiger partial charge in [-0.15, -0.1) is 0 Å². The first kappa shape index (κ1) is 24.7. The van der Waals surface area contributed by atoms with Crippen LogP contribution in [0, 0.1) is 0 Å². The van der Waals surface area contributed by atoms with Gasteiger partial charge in [-0.3, -0.25) is 19.9 Å². The van der Waals surface area contributed by atoms with Crippen LogP contribution in [-0.2, 0) is 28.6 Å². The maximum Gasteiger partial charge on any atom is 0.433 e. The van der Waals surface area contributed by atoms with Gasteiger partial charge in [-0.25, -0.2) is 4.98 Å². The molecule has 0 spiro atoms. The van der Waals surface area contributed by atoms with Crippen LogP contribution in [0.2, 0.25) is 0 Å². The van der Waals surface area contributed by atoms with Gasteiger partial charge in [0.25, 0.3) is 5.91 Å². The smallest absolute Gasteiger partial charge is 0.351 e. The normalized spacial score (nSPS) is 16.7. The fraction of sp³-hybridized carbons (Fsp3) is 0.259. The summed E-state index contributed by atoms with van der Waals surface area (Å²) in [7, 11) is 0. The number of fused-ring (bicyclic) bond motifs is 1. The SMILES string of the molecule is O=C1C/C(=C\c2cnn3c(NC4CC4)nc(CCc4ccccc4-c4ccnc(C(F)(F)F)c4)nc23)C(=O)N1. The van der Waals surface area contributed by atoms with Gasteiger partial charge >= 0.3 is 6.18 Å². The molecular formula is C27H22F3N7O2. The van der Waals surface area contributed by atoms with Gasteiger partial charge in [0.05, 0.1) is 12.6 Å². The van der Waals surface area contributed by atoms with Crippen molar-refractivity contribution in [2.45, 2.75) is 44.3 Å². The van der Waals surface area contributed by atoms with E-state index in [2.05, 4.69) is 25.7 Å². The van der Waals surface area contributed by atoms with E-state index in [-0.39, 0.29) is 18.4 Å². The van der Waals surface area contributed by atoms with Gasteiger partial charge in [0, 0.05) is 29.8 Å². The number of benzene rings is 1. The molecule has 9 nitrogen and oxygen atoms in total. The summed E-state index contributed by atoms with van der Waals surface area (Å²) >= 11 is 0. The second-order valence-corrected chi connectivity index (χ2v) is 9.53. The van der Waals surface area contributed by atoms with Gasteiger partial charge in [-0.2, -0.15) is 27.8 Å². The minimum absolute atomic E-state index is 0.0108. The van der Waals surface area contributed by atoms with Crippen LogP contribution in [0.5, 0.6) is 0 Å². The van der Waals surface area contributed by atoms with Crippen LogP contribution in [-0.4, -0.2) is 42.4 Å². The maximum atomic E-state index is 13.3. The Bertz CT molecular complexity index is 1640. The van der Waals surface area contributed by atoms with Crippen LogP contribution in [0.4, 0.5) is 19.1 Å². The van der Waals surface area contributed by atoms with Crippen molar-refractivity contribution in [1.29, 1.82) is 0 Å². The third-order valence-electron chi connectivity index (χ3n) is 6.57. The quantitative estimate of drug-likeness (QED) is 0.273. The number of hydrogen-bond donors (Lipinski definition) is 2. The van der Waals surface area contributed by atoms with E-state index < -0.39 is 17.8 Å². The lowest BCUT2D eigenvalue weighted by atomic mass is 9.96. The first-order chi connectivity index (χ1) is 18.7. The van der Waals surface area contributed by atoms with E-state index in [4.69, 9.17) is 4.98 Å². The first-order valence-electron chi connectivity index (χ1n) is 12.4. The number of rotatable bonds is 7. The van der Waals surface area contributed by atoms with Crippen LogP contribution in [0.3, 0.4) is 0 Å². The Morgan fingerprint density at radius 1 is 1.10 bits per heavy atom. The minimum atomic E-state index is -4.54. The molecule has 0 bridgehead atoms. The van der Waals surface area contributed by atoms with Gasteiger partial charge in [0.15, 0.2) is 5.65 Å². The summed E-state index contributed by atoms with van der Waals surface area (Å²) in [6.45, 7) is 0. The standard InChI is InChI=1S/C27H22F3N7O2/c28-27(29,30)21-12-16(9-10-31-21)20-4-2-1-3-15(20)5-8-22-34-24-18(11-17-13-23(38)36-25(17)39)14-32-37(24)26(35-22)33-19-6-7-19/h1-4,9-12,14,19H,5-8,13H2,(H,33,34,35)(H,36,38,39)/b17-11+. The highest BCUT2D eigenvalue weighted by Crippen LogP contribution is 2.32. The van der Waals surface area contributed by atoms with Crippen molar-refractivity contribution < 1.29 is 22.8 Å². The molecule has 2 amide bonds. The summed E-state index contributed by atoms with van der Waals surface area (Å²) in [5.41, 5.74) is 2.39. The number of nitrogens with one attached hydrogen (secondary N) is 2. The average Bonchev–Trinajstić information content (AvgIpc) is 3.55. The molecule has 4 heterocycles. The number of aryl methyl sites for hydroxylation is 2. The molecular weight excluding hydrogens is 511 g/mol. The van der Waals surface area contributed by atoms with E-state index in [0.717, 1.165) is 30.7 Å². The molecule has 12 heteroatoms. The van der Waals surface area contributed by atoms with Gasteiger partial charge in [0.2, 0.25) is 11.9 Å². The van der Waals surface area contributed by atoms with Crippen molar-refractivity contribution in [3.05, 3.63) is 77.0 Å². The zero-order valence-electron chi connectivity index (χ0n) is 20.5. The van der Waals surface area contributed by atoms with Crippen LogP contribution in [0.1, 0.15) is 41.9 Å². The number of halogens is 3. The molecule has 3 aromatic heterocycles.